The minimum absolute atomic E-state index is 0.202. The molecule has 2 atom stereocenters. The molecule has 322 valence electrons. The number of aliphatic carboxylic acids is 2. The van der Waals surface area contributed by atoms with Crippen molar-refractivity contribution in [1.29, 1.82) is 0 Å². The number of nitrogens with zero attached hydrogens (tertiary/aromatic N) is 3. The minimum Gasteiger partial charge on any atom is -0.492 e. The van der Waals surface area contributed by atoms with Gasteiger partial charge in [0.25, 0.3) is 0 Å². The van der Waals surface area contributed by atoms with E-state index < -0.39 is 24.0 Å². The number of benzene rings is 4. The van der Waals surface area contributed by atoms with Crippen molar-refractivity contribution in [3.05, 3.63) is 173 Å². The minimum atomic E-state index is -1.02. The predicted octanol–water partition coefficient (Wildman–Crippen LogP) is 6.86. The third-order valence-electron chi connectivity index (χ3n) is 9.83. The highest BCUT2D eigenvalue weighted by Gasteiger charge is 2.20. The van der Waals surface area contributed by atoms with Crippen molar-refractivity contribution in [3.8, 4) is 11.5 Å². The van der Waals surface area contributed by atoms with Crippen LogP contribution in [0.4, 0.5) is 11.6 Å². The number of carbonyl (C=O) groups excluding carboxylic acids is 2. The van der Waals surface area contributed by atoms with Crippen molar-refractivity contribution in [2.24, 2.45) is 0 Å². The van der Waals surface area contributed by atoms with Crippen LogP contribution in [0.5, 0.6) is 11.5 Å². The Kier molecular flexibility index (Phi) is 16.8. The molecule has 0 saturated carbocycles. The summed E-state index contributed by atoms with van der Waals surface area (Å²) >= 11 is 0. The number of aromatic nitrogens is 1. The van der Waals surface area contributed by atoms with Crippen LogP contribution in [0.3, 0.4) is 0 Å². The van der Waals surface area contributed by atoms with E-state index in [1.54, 1.807) is 62.4 Å². The van der Waals surface area contributed by atoms with E-state index >= 15 is 0 Å². The first kappa shape index (κ1) is 45.7. The van der Waals surface area contributed by atoms with E-state index in [0.717, 1.165) is 22.8 Å². The van der Waals surface area contributed by atoms with Crippen molar-refractivity contribution < 1.29 is 38.9 Å². The van der Waals surface area contributed by atoms with Crippen molar-refractivity contribution in [2.45, 2.75) is 38.8 Å². The molecule has 0 saturated heterocycles. The Morgan fingerprint density at radius 1 is 0.565 bits per heavy atom. The van der Waals surface area contributed by atoms with E-state index in [2.05, 4.69) is 10.6 Å². The number of hydrogen-bond acceptors (Lipinski definition) is 11. The third kappa shape index (κ3) is 14.4. The van der Waals surface area contributed by atoms with Gasteiger partial charge in [-0.3, -0.25) is 9.59 Å². The fourth-order valence-electron chi connectivity index (χ4n) is 6.38. The third-order valence-corrected chi connectivity index (χ3v) is 9.83. The Balaban J connectivity index is 1.03. The molecule has 13 heteroatoms. The summed E-state index contributed by atoms with van der Waals surface area (Å²) in [4.78, 5) is 57.9. The highest BCUT2D eigenvalue weighted by Crippen LogP contribution is 2.19. The molecule has 4 aromatic carbocycles. The maximum Gasteiger partial charge on any atom is 0.326 e. The van der Waals surface area contributed by atoms with Crippen LogP contribution >= 0.6 is 0 Å². The molecule has 0 spiro atoms. The highest BCUT2D eigenvalue weighted by molar-refractivity contribution is 6.05. The number of ether oxygens (including phenoxy) is 2. The van der Waals surface area contributed by atoms with Crippen molar-refractivity contribution in [1.82, 2.24) is 15.6 Å². The number of hydrogen-bond donors (Lipinski definition) is 4. The summed E-state index contributed by atoms with van der Waals surface area (Å²) < 4.78 is 12.0. The fourth-order valence-corrected chi connectivity index (χ4v) is 6.38. The molecular weight excluding hydrogens is 787 g/mol. The Bertz CT molecular complexity index is 2160. The van der Waals surface area contributed by atoms with Gasteiger partial charge in [0.05, 0.1) is 13.1 Å². The second-order valence-electron chi connectivity index (χ2n) is 14.8. The Labute approximate surface area is 362 Å². The number of pyridine rings is 1. The first-order valence-electron chi connectivity index (χ1n) is 20.2. The van der Waals surface area contributed by atoms with Crippen molar-refractivity contribution in [3.63, 3.8) is 0 Å². The van der Waals surface area contributed by atoms with Gasteiger partial charge in [0, 0.05) is 61.6 Å². The molecule has 0 aliphatic rings. The molecule has 0 aliphatic heterocycles. The molecule has 0 amide bonds. The van der Waals surface area contributed by atoms with Gasteiger partial charge in [-0.1, -0.05) is 91.0 Å². The second kappa shape index (κ2) is 22.8. The van der Waals surface area contributed by atoms with Crippen LogP contribution in [0.1, 0.15) is 45.7 Å². The van der Waals surface area contributed by atoms with Gasteiger partial charge in [0.1, 0.15) is 48.4 Å². The fraction of sp³-hybridized carbons (Fsp3) is 0.245. The van der Waals surface area contributed by atoms with Gasteiger partial charge in [0.15, 0.2) is 11.6 Å². The van der Waals surface area contributed by atoms with Crippen LogP contribution in [-0.4, -0.2) is 91.2 Å². The number of ketones is 2. The molecule has 0 radical (unpaired) electrons. The molecular formula is C49H53N5O8. The number of likely N-dealkylation sites (N-methyl/N-ethyl adjacent to an activating group) is 2. The number of nitrogens with one attached hydrogen (secondary N) is 2. The first-order chi connectivity index (χ1) is 29.8. The zero-order valence-corrected chi connectivity index (χ0v) is 35.4. The molecule has 5 rings (SSSR count). The SMILES string of the molecule is C/C(=C\C(=O)c1ccccc1)NC(Cc1ccc(OCCN(C)c2cccc(N(C)CCOc3ccc(CC(N/C(C)=C/C(=O)c4ccccc4)C(=O)O)cc3)n2)cc1)C(=O)O. The lowest BCUT2D eigenvalue weighted by molar-refractivity contribution is -0.140. The van der Waals surface area contributed by atoms with Crippen LogP contribution in [-0.2, 0) is 22.4 Å². The lowest BCUT2D eigenvalue weighted by atomic mass is 10.1. The molecule has 1 aromatic heterocycles. The van der Waals surface area contributed by atoms with Gasteiger partial charge >= 0.3 is 11.9 Å². The average molecular weight is 840 g/mol. The van der Waals surface area contributed by atoms with E-state index in [1.807, 2.05) is 103 Å². The van der Waals surface area contributed by atoms with E-state index in [0.29, 0.717) is 60.3 Å². The summed E-state index contributed by atoms with van der Waals surface area (Å²) in [7, 11) is 3.88. The average Bonchev–Trinajstić information content (AvgIpc) is 3.27. The Morgan fingerprint density at radius 3 is 1.29 bits per heavy atom. The molecule has 2 unspecified atom stereocenters. The summed E-state index contributed by atoms with van der Waals surface area (Å²) in [5, 5.41) is 25.6. The van der Waals surface area contributed by atoms with Gasteiger partial charge in [-0.2, -0.15) is 0 Å². The van der Waals surface area contributed by atoms with Crippen LogP contribution in [0.2, 0.25) is 0 Å². The summed E-state index contributed by atoms with van der Waals surface area (Å²) in [6, 6.07) is 36.2. The van der Waals surface area contributed by atoms with Gasteiger partial charge < -0.3 is 40.1 Å². The van der Waals surface area contributed by atoms with Crippen LogP contribution in [0, 0.1) is 0 Å². The van der Waals surface area contributed by atoms with Gasteiger partial charge in [-0.05, 0) is 61.4 Å². The quantitative estimate of drug-likeness (QED) is 0.0376. The standard InChI is InChI=1S/C49H53N5O8/c1-34(30-44(55)38-12-7-5-8-13-38)50-42(48(57)58)32-36-18-22-40(23-19-36)61-28-26-53(3)46-16-11-17-47(52-46)54(4)27-29-62-41-24-20-37(21-25-41)33-43(49(59)60)51-35(2)31-45(56)39-14-9-6-10-15-39/h5-25,30-31,42-43,50-51H,26-29,32-33H2,1-4H3,(H,57,58)(H,59,60)/b34-30+,35-31+. The Hall–Kier alpha value is -7.41. The predicted molar refractivity (Wildman–Crippen MR) is 240 cm³/mol. The summed E-state index contributed by atoms with van der Waals surface area (Å²) in [6.07, 6.45) is 3.25. The molecule has 5 aromatic rings. The number of anilines is 2. The van der Waals surface area contributed by atoms with Crippen molar-refractivity contribution in [2.75, 3.05) is 50.2 Å². The zero-order chi connectivity index (χ0) is 44.4. The molecule has 1 heterocycles. The lowest BCUT2D eigenvalue weighted by Crippen LogP contribution is -2.37. The molecule has 0 bridgehead atoms. The lowest BCUT2D eigenvalue weighted by Gasteiger charge is -2.22. The van der Waals surface area contributed by atoms with Crippen LogP contribution < -0.4 is 29.9 Å². The molecule has 0 fully saturated rings. The summed E-state index contributed by atoms with van der Waals surface area (Å²) in [6.45, 7) is 5.26. The molecule has 4 N–H and O–H groups in total. The summed E-state index contributed by atoms with van der Waals surface area (Å²) in [5.41, 5.74) is 3.61. The molecule has 62 heavy (non-hydrogen) atoms. The molecule has 0 aliphatic carbocycles. The van der Waals surface area contributed by atoms with E-state index in [-0.39, 0.29) is 24.4 Å². The van der Waals surface area contributed by atoms with E-state index in [9.17, 15) is 29.4 Å². The molecule has 13 nitrogen and oxygen atoms in total. The topological polar surface area (TPSA) is 171 Å². The van der Waals surface area contributed by atoms with E-state index in [1.165, 1.54) is 12.2 Å². The number of carboxylic acid groups (broad SMARTS) is 2. The Morgan fingerprint density at radius 2 is 0.935 bits per heavy atom. The second-order valence-corrected chi connectivity index (χ2v) is 14.8. The monoisotopic (exact) mass is 839 g/mol. The van der Waals surface area contributed by atoms with Crippen LogP contribution in [0.15, 0.2) is 151 Å². The van der Waals surface area contributed by atoms with Crippen molar-refractivity contribution >= 4 is 35.1 Å². The number of rotatable bonds is 24. The number of carbonyl (C=O) groups is 4. The van der Waals surface area contributed by atoms with Gasteiger partial charge in [-0.15, -0.1) is 0 Å². The van der Waals surface area contributed by atoms with Gasteiger partial charge in [0.2, 0.25) is 0 Å². The van der Waals surface area contributed by atoms with Crippen LogP contribution in [0.25, 0.3) is 0 Å². The van der Waals surface area contributed by atoms with Gasteiger partial charge in [-0.25, -0.2) is 14.6 Å². The normalized spacial score (nSPS) is 12.4. The zero-order valence-electron chi connectivity index (χ0n) is 35.4. The highest BCUT2D eigenvalue weighted by atomic mass is 16.5. The maximum atomic E-state index is 12.5. The van der Waals surface area contributed by atoms with E-state index in [4.69, 9.17) is 14.5 Å². The summed E-state index contributed by atoms with van der Waals surface area (Å²) in [5.74, 6) is 0.407. The maximum absolute atomic E-state index is 12.5. The largest absolute Gasteiger partial charge is 0.492 e. The number of allylic oxidation sites excluding steroid dienone is 4. The number of carboxylic acids is 2. The first-order valence-corrected chi connectivity index (χ1v) is 20.2. The smallest absolute Gasteiger partial charge is 0.326 e.